The van der Waals surface area contributed by atoms with Crippen LogP contribution in [0.1, 0.15) is 5.56 Å². The summed E-state index contributed by atoms with van der Waals surface area (Å²) in [6.07, 6.45) is 1.74. The van der Waals surface area contributed by atoms with Crippen LogP contribution in [0.15, 0.2) is 66.9 Å². The van der Waals surface area contributed by atoms with Gasteiger partial charge in [0.1, 0.15) is 5.52 Å². The van der Waals surface area contributed by atoms with Gasteiger partial charge in [-0.15, -0.1) is 5.10 Å². The van der Waals surface area contributed by atoms with Crippen molar-refractivity contribution in [2.75, 3.05) is 10.4 Å². The maximum atomic E-state index is 4.35. The number of para-hydroxylation sites is 1. The molecule has 4 heteroatoms. The maximum absolute atomic E-state index is 4.35. The largest absolute Gasteiger partial charge is 0.297 e. The second-order valence-electron chi connectivity index (χ2n) is 5.76. The van der Waals surface area contributed by atoms with Crippen molar-refractivity contribution in [3.63, 3.8) is 0 Å². The van der Waals surface area contributed by atoms with E-state index < -0.39 is 0 Å². The fraction of sp³-hybridized carbons (Fsp3) is 0.0526. The van der Waals surface area contributed by atoms with Gasteiger partial charge in [0.15, 0.2) is 0 Å². The van der Waals surface area contributed by atoms with Crippen LogP contribution in [-0.4, -0.2) is 10.2 Å². The Bertz CT molecular complexity index is 981. The number of hydrogen-bond acceptors (Lipinski definition) is 4. The summed E-state index contributed by atoms with van der Waals surface area (Å²) in [5, 5.41) is 11.7. The number of fused-ring (bicyclic) bond motifs is 2. The SMILES string of the molecule is c1ccc(N2Cc3ccc4ccnnc4c4ccc(c3-4)N2)cc1. The van der Waals surface area contributed by atoms with Gasteiger partial charge in [-0.05, 0) is 35.9 Å². The molecule has 0 radical (unpaired) electrons. The van der Waals surface area contributed by atoms with Gasteiger partial charge >= 0.3 is 0 Å². The summed E-state index contributed by atoms with van der Waals surface area (Å²) in [6.45, 7) is 0.811. The Morgan fingerprint density at radius 3 is 2.74 bits per heavy atom. The molecule has 5 rings (SSSR count). The maximum Gasteiger partial charge on any atom is 0.101 e. The molecule has 2 aliphatic carbocycles. The third-order valence-corrected chi connectivity index (χ3v) is 4.40. The minimum atomic E-state index is 0.811. The van der Waals surface area contributed by atoms with E-state index in [1.54, 1.807) is 6.20 Å². The van der Waals surface area contributed by atoms with E-state index in [0.29, 0.717) is 0 Å². The number of aromatic nitrogens is 2. The molecule has 110 valence electrons. The van der Waals surface area contributed by atoms with E-state index in [9.17, 15) is 0 Å². The topological polar surface area (TPSA) is 41.1 Å². The van der Waals surface area contributed by atoms with Crippen LogP contribution in [-0.2, 0) is 6.54 Å². The smallest absolute Gasteiger partial charge is 0.101 e. The summed E-state index contributed by atoms with van der Waals surface area (Å²) in [6, 6.07) is 21.0. The lowest BCUT2D eigenvalue weighted by atomic mass is 10.0. The van der Waals surface area contributed by atoms with Crippen molar-refractivity contribution in [3.05, 3.63) is 72.4 Å². The van der Waals surface area contributed by atoms with Gasteiger partial charge in [0.25, 0.3) is 0 Å². The van der Waals surface area contributed by atoms with Gasteiger partial charge in [-0.2, -0.15) is 5.10 Å². The van der Waals surface area contributed by atoms with E-state index in [1.165, 1.54) is 11.1 Å². The zero-order valence-electron chi connectivity index (χ0n) is 12.4. The first-order chi connectivity index (χ1) is 11.4. The summed E-state index contributed by atoms with van der Waals surface area (Å²) in [5.74, 6) is 0. The molecule has 1 aromatic heterocycles. The molecule has 4 nitrogen and oxygen atoms in total. The molecular formula is C19H14N4. The second kappa shape index (κ2) is 4.68. The van der Waals surface area contributed by atoms with Gasteiger partial charge in [-0.3, -0.25) is 10.4 Å². The van der Waals surface area contributed by atoms with Crippen molar-refractivity contribution in [1.29, 1.82) is 0 Å². The quantitative estimate of drug-likeness (QED) is 0.575. The van der Waals surface area contributed by atoms with Crippen LogP contribution in [0.4, 0.5) is 11.4 Å². The molecule has 0 fully saturated rings. The number of rotatable bonds is 1. The van der Waals surface area contributed by atoms with E-state index >= 15 is 0 Å². The average molecular weight is 298 g/mol. The van der Waals surface area contributed by atoms with Crippen LogP contribution in [0, 0.1) is 0 Å². The number of anilines is 2. The number of nitrogens with zero attached hydrogens (tertiary/aromatic N) is 3. The van der Waals surface area contributed by atoms with Crippen LogP contribution < -0.4 is 10.4 Å². The van der Waals surface area contributed by atoms with Gasteiger partial charge in [-0.25, -0.2) is 0 Å². The molecule has 1 aliphatic heterocycles. The van der Waals surface area contributed by atoms with E-state index in [4.69, 9.17) is 0 Å². The first kappa shape index (κ1) is 12.4. The summed E-state index contributed by atoms with van der Waals surface area (Å²) >= 11 is 0. The Morgan fingerprint density at radius 1 is 0.913 bits per heavy atom. The number of hydrogen-bond donors (Lipinski definition) is 1. The molecular weight excluding hydrogens is 284 g/mol. The highest BCUT2D eigenvalue weighted by atomic mass is 15.5. The van der Waals surface area contributed by atoms with Gasteiger partial charge in [-0.1, -0.05) is 30.3 Å². The number of benzene rings is 1. The fourth-order valence-corrected chi connectivity index (χ4v) is 3.32. The van der Waals surface area contributed by atoms with Crippen LogP contribution in [0.3, 0.4) is 0 Å². The predicted octanol–water partition coefficient (Wildman–Crippen LogP) is 4.08. The highest BCUT2D eigenvalue weighted by Crippen LogP contribution is 2.42. The summed E-state index contributed by atoms with van der Waals surface area (Å²) < 4.78 is 0. The third kappa shape index (κ3) is 1.85. The molecule has 0 unspecified atom stereocenters. The Hall–Kier alpha value is -3.14. The van der Waals surface area contributed by atoms with Gasteiger partial charge < -0.3 is 0 Å². The zero-order valence-corrected chi connectivity index (χ0v) is 12.4. The Morgan fingerprint density at radius 2 is 1.83 bits per heavy atom. The van der Waals surface area contributed by atoms with Crippen molar-refractivity contribution in [1.82, 2.24) is 10.2 Å². The minimum absolute atomic E-state index is 0.811. The van der Waals surface area contributed by atoms with Crippen molar-refractivity contribution >= 4 is 22.3 Å². The summed E-state index contributed by atoms with van der Waals surface area (Å²) in [5.41, 5.74) is 10.4. The van der Waals surface area contributed by atoms with Crippen LogP contribution in [0.2, 0.25) is 0 Å². The first-order valence-corrected chi connectivity index (χ1v) is 7.65. The van der Waals surface area contributed by atoms with E-state index in [0.717, 1.165) is 34.4 Å². The lowest BCUT2D eigenvalue weighted by molar-refractivity contribution is 0.893. The van der Waals surface area contributed by atoms with Gasteiger partial charge in [0.2, 0.25) is 0 Å². The third-order valence-electron chi connectivity index (χ3n) is 4.40. The zero-order chi connectivity index (χ0) is 15.2. The van der Waals surface area contributed by atoms with Gasteiger partial charge in [0.05, 0.1) is 24.1 Å². The minimum Gasteiger partial charge on any atom is -0.297 e. The average Bonchev–Trinajstić information content (AvgIpc) is 2.97. The lowest BCUT2D eigenvalue weighted by Gasteiger charge is -2.31. The molecule has 3 aliphatic rings. The van der Waals surface area contributed by atoms with Crippen LogP contribution in [0.5, 0.6) is 0 Å². The normalized spacial score (nSPS) is 13.3. The number of hydrazine groups is 1. The molecule has 23 heavy (non-hydrogen) atoms. The standard InChI is InChI=1S/C19H14N4/c1-2-4-15(5-3-1)23-12-14-7-6-13-10-11-20-21-19(13)16-8-9-17(22-23)18(14)16/h1-11,22H,12H2. The van der Waals surface area contributed by atoms with E-state index in [2.05, 4.69) is 69.2 Å². The van der Waals surface area contributed by atoms with E-state index in [-0.39, 0.29) is 0 Å². The Balaban J connectivity index is 1.70. The molecule has 0 atom stereocenters. The van der Waals surface area contributed by atoms with Crippen molar-refractivity contribution in [2.45, 2.75) is 6.54 Å². The lowest BCUT2D eigenvalue weighted by Crippen LogP contribution is -2.32. The molecule has 0 bridgehead atoms. The monoisotopic (exact) mass is 298 g/mol. The molecule has 1 N–H and O–H groups in total. The molecule has 2 aromatic rings. The fourth-order valence-electron chi connectivity index (χ4n) is 3.32. The van der Waals surface area contributed by atoms with E-state index in [1.807, 2.05) is 12.1 Å². The predicted molar refractivity (Wildman–Crippen MR) is 92.4 cm³/mol. The van der Waals surface area contributed by atoms with Crippen LogP contribution >= 0.6 is 0 Å². The van der Waals surface area contributed by atoms with Crippen molar-refractivity contribution in [3.8, 4) is 11.1 Å². The molecule has 2 heterocycles. The number of nitrogens with one attached hydrogen (secondary N) is 1. The summed E-state index contributed by atoms with van der Waals surface area (Å²) in [4.78, 5) is 0. The van der Waals surface area contributed by atoms with Crippen LogP contribution in [0.25, 0.3) is 22.0 Å². The highest BCUT2D eigenvalue weighted by Gasteiger charge is 2.24. The molecule has 1 aromatic carbocycles. The first-order valence-electron chi connectivity index (χ1n) is 7.65. The molecule has 0 amide bonds. The Kier molecular flexibility index (Phi) is 2.52. The molecule has 0 saturated heterocycles. The summed E-state index contributed by atoms with van der Waals surface area (Å²) in [7, 11) is 0. The molecule has 0 spiro atoms. The van der Waals surface area contributed by atoms with Crippen molar-refractivity contribution < 1.29 is 0 Å². The highest BCUT2D eigenvalue weighted by molar-refractivity contribution is 6.00. The van der Waals surface area contributed by atoms with Gasteiger partial charge in [0, 0.05) is 16.5 Å². The Labute approximate surface area is 133 Å². The molecule has 0 saturated carbocycles. The van der Waals surface area contributed by atoms with Crippen molar-refractivity contribution in [2.24, 2.45) is 0 Å². The second-order valence-corrected chi connectivity index (χ2v) is 5.76.